The SMILES string of the molecule is COC(=O)C1(C[C@@H](O)CCl)C=CCN1. The lowest BCUT2D eigenvalue weighted by Crippen LogP contribution is -2.50. The predicted molar refractivity (Wildman–Crippen MR) is 53.2 cm³/mol. The third kappa shape index (κ3) is 2.26. The molecule has 2 atom stereocenters. The van der Waals surface area contributed by atoms with Gasteiger partial charge in [-0.25, -0.2) is 4.79 Å². The smallest absolute Gasteiger partial charge is 0.330 e. The molecule has 1 aliphatic heterocycles. The van der Waals surface area contributed by atoms with E-state index in [0.717, 1.165) is 0 Å². The maximum Gasteiger partial charge on any atom is 0.330 e. The Morgan fingerprint density at radius 3 is 3.00 bits per heavy atom. The number of nitrogens with one attached hydrogen (secondary N) is 1. The first-order chi connectivity index (χ1) is 6.64. The first-order valence-electron chi connectivity index (χ1n) is 4.40. The molecule has 2 N–H and O–H groups in total. The number of halogens is 1. The van der Waals surface area contributed by atoms with Crippen molar-refractivity contribution in [1.82, 2.24) is 5.32 Å². The van der Waals surface area contributed by atoms with Crippen LogP contribution in [0.4, 0.5) is 0 Å². The number of aliphatic hydroxyl groups is 1. The molecule has 0 spiro atoms. The van der Waals surface area contributed by atoms with Crippen LogP contribution < -0.4 is 5.32 Å². The van der Waals surface area contributed by atoms with Crippen LogP contribution in [-0.2, 0) is 9.53 Å². The Morgan fingerprint density at radius 2 is 2.57 bits per heavy atom. The van der Waals surface area contributed by atoms with Gasteiger partial charge in [0.05, 0.1) is 13.2 Å². The average molecular weight is 220 g/mol. The molecule has 14 heavy (non-hydrogen) atoms. The molecule has 0 aromatic heterocycles. The first kappa shape index (κ1) is 11.5. The van der Waals surface area contributed by atoms with Crippen molar-refractivity contribution in [2.24, 2.45) is 0 Å². The van der Waals surface area contributed by atoms with Gasteiger partial charge in [0.2, 0.25) is 0 Å². The zero-order valence-electron chi connectivity index (χ0n) is 8.00. The lowest BCUT2D eigenvalue weighted by atomic mass is 9.94. The van der Waals surface area contributed by atoms with E-state index in [-0.39, 0.29) is 12.3 Å². The molecule has 1 rings (SSSR count). The van der Waals surface area contributed by atoms with E-state index in [4.69, 9.17) is 11.6 Å². The summed E-state index contributed by atoms with van der Waals surface area (Å²) in [5.74, 6) is -0.288. The Hall–Kier alpha value is -0.580. The summed E-state index contributed by atoms with van der Waals surface area (Å²) in [4.78, 5) is 11.5. The van der Waals surface area contributed by atoms with Crippen LogP contribution in [0, 0.1) is 0 Å². The Balaban J connectivity index is 2.72. The fraction of sp³-hybridized carbons (Fsp3) is 0.667. The Kier molecular flexibility index (Phi) is 3.92. The largest absolute Gasteiger partial charge is 0.467 e. The van der Waals surface area contributed by atoms with Gasteiger partial charge in [-0.2, -0.15) is 0 Å². The number of hydrogen-bond donors (Lipinski definition) is 2. The first-order valence-corrected chi connectivity index (χ1v) is 4.93. The molecule has 5 heteroatoms. The standard InChI is InChI=1S/C9H14ClNO3/c1-14-8(13)9(3-2-4-11-9)5-7(12)6-10/h2-3,7,11-12H,4-6H2,1H3/t7-,9?/m1/s1. The van der Waals surface area contributed by atoms with Crippen molar-refractivity contribution < 1.29 is 14.6 Å². The highest BCUT2D eigenvalue weighted by Gasteiger charge is 2.40. The summed E-state index contributed by atoms with van der Waals surface area (Å²) < 4.78 is 4.68. The van der Waals surface area contributed by atoms with Gasteiger partial charge in [-0.15, -0.1) is 11.6 Å². The number of carbonyl (C=O) groups excluding carboxylic acids is 1. The van der Waals surface area contributed by atoms with E-state index < -0.39 is 17.6 Å². The highest BCUT2D eigenvalue weighted by molar-refractivity contribution is 6.18. The Morgan fingerprint density at radius 1 is 1.86 bits per heavy atom. The second-order valence-corrected chi connectivity index (χ2v) is 3.57. The van der Waals surface area contributed by atoms with E-state index in [1.807, 2.05) is 6.08 Å². The summed E-state index contributed by atoms with van der Waals surface area (Å²) in [6.45, 7) is 0.601. The minimum atomic E-state index is -0.900. The molecular weight excluding hydrogens is 206 g/mol. The van der Waals surface area contributed by atoms with Gasteiger partial charge in [-0.3, -0.25) is 5.32 Å². The van der Waals surface area contributed by atoms with Crippen molar-refractivity contribution in [3.8, 4) is 0 Å². The van der Waals surface area contributed by atoms with E-state index in [0.29, 0.717) is 6.54 Å². The molecule has 1 heterocycles. The van der Waals surface area contributed by atoms with E-state index >= 15 is 0 Å². The molecule has 0 fully saturated rings. The van der Waals surface area contributed by atoms with Crippen molar-refractivity contribution in [1.29, 1.82) is 0 Å². The van der Waals surface area contributed by atoms with Crippen molar-refractivity contribution >= 4 is 17.6 Å². The third-order valence-electron chi connectivity index (χ3n) is 2.22. The van der Waals surface area contributed by atoms with E-state index in [9.17, 15) is 9.90 Å². The number of alkyl halides is 1. The van der Waals surface area contributed by atoms with Crippen LogP contribution in [0.15, 0.2) is 12.2 Å². The quantitative estimate of drug-likeness (QED) is 0.399. The summed E-state index contributed by atoms with van der Waals surface area (Å²) in [6, 6.07) is 0. The highest BCUT2D eigenvalue weighted by Crippen LogP contribution is 2.21. The number of aliphatic hydroxyl groups excluding tert-OH is 1. The van der Waals surface area contributed by atoms with Crippen LogP contribution in [0.25, 0.3) is 0 Å². The van der Waals surface area contributed by atoms with Crippen molar-refractivity contribution in [2.75, 3.05) is 19.5 Å². The molecule has 0 bridgehead atoms. The predicted octanol–water partition coefficient (Wildman–Crippen LogP) is 0.0474. The van der Waals surface area contributed by atoms with Gasteiger partial charge in [0.15, 0.2) is 0 Å². The second kappa shape index (κ2) is 4.77. The minimum absolute atomic E-state index is 0.105. The van der Waals surface area contributed by atoms with Crippen molar-refractivity contribution in [3.63, 3.8) is 0 Å². The number of esters is 1. The van der Waals surface area contributed by atoms with Gasteiger partial charge in [0.1, 0.15) is 5.54 Å². The van der Waals surface area contributed by atoms with Crippen LogP contribution in [0.1, 0.15) is 6.42 Å². The summed E-state index contributed by atoms with van der Waals surface area (Å²) in [5.41, 5.74) is -0.900. The van der Waals surface area contributed by atoms with Crippen molar-refractivity contribution in [2.45, 2.75) is 18.1 Å². The molecule has 4 nitrogen and oxygen atoms in total. The maximum atomic E-state index is 11.5. The summed E-state index contributed by atoms with van der Waals surface area (Å²) in [6.07, 6.45) is 3.07. The summed E-state index contributed by atoms with van der Waals surface area (Å²) >= 11 is 5.49. The maximum absolute atomic E-state index is 11.5. The molecule has 0 amide bonds. The fourth-order valence-electron chi connectivity index (χ4n) is 1.53. The zero-order valence-corrected chi connectivity index (χ0v) is 8.75. The highest BCUT2D eigenvalue weighted by atomic mass is 35.5. The van der Waals surface area contributed by atoms with Crippen LogP contribution in [0.2, 0.25) is 0 Å². The zero-order chi connectivity index (χ0) is 10.6. The molecule has 0 saturated carbocycles. The molecule has 80 valence electrons. The third-order valence-corrected chi connectivity index (χ3v) is 2.58. The monoisotopic (exact) mass is 219 g/mol. The number of hydrogen-bond acceptors (Lipinski definition) is 4. The van der Waals surface area contributed by atoms with E-state index in [2.05, 4.69) is 10.1 Å². The normalized spacial score (nSPS) is 27.6. The molecular formula is C9H14ClNO3. The molecule has 0 aliphatic carbocycles. The molecule has 0 aromatic carbocycles. The topological polar surface area (TPSA) is 58.6 Å². The number of carbonyl (C=O) groups is 1. The van der Waals surface area contributed by atoms with Gasteiger partial charge in [0, 0.05) is 18.8 Å². The van der Waals surface area contributed by atoms with Crippen LogP contribution in [0.5, 0.6) is 0 Å². The van der Waals surface area contributed by atoms with Crippen molar-refractivity contribution in [3.05, 3.63) is 12.2 Å². The molecule has 1 aliphatic rings. The minimum Gasteiger partial charge on any atom is -0.467 e. The summed E-state index contributed by atoms with van der Waals surface area (Å²) in [5, 5.41) is 12.4. The number of methoxy groups -OCH3 is 1. The van der Waals surface area contributed by atoms with Gasteiger partial charge in [-0.1, -0.05) is 12.2 Å². The Bertz CT molecular complexity index is 244. The van der Waals surface area contributed by atoms with Gasteiger partial charge < -0.3 is 9.84 Å². The van der Waals surface area contributed by atoms with E-state index in [1.165, 1.54) is 7.11 Å². The fourth-order valence-corrected chi connectivity index (χ4v) is 1.64. The van der Waals surface area contributed by atoms with E-state index in [1.54, 1.807) is 6.08 Å². The van der Waals surface area contributed by atoms with Crippen LogP contribution in [0.3, 0.4) is 0 Å². The summed E-state index contributed by atoms with van der Waals surface area (Å²) in [7, 11) is 1.32. The van der Waals surface area contributed by atoms with Gasteiger partial charge in [0.25, 0.3) is 0 Å². The molecule has 0 saturated heterocycles. The lowest BCUT2D eigenvalue weighted by molar-refractivity contribution is -0.147. The lowest BCUT2D eigenvalue weighted by Gasteiger charge is -2.26. The molecule has 1 unspecified atom stereocenters. The van der Waals surface area contributed by atoms with Crippen LogP contribution >= 0.6 is 11.6 Å². The number of ether oxygens (including phenoxy) is 1. The van der Waals surface area contributed by atoms with Gasteiger partial charge >= 0.3 is 5.97 Å². The van der Waals surface area contributed by atoms with Gasteiger partial charge in [-0.05, 0) is 0 Å². The number of rotatable bonds is 4. The van der Waals surface area contributed by atoms with Crippen LogP contribution in [-0.4, -0.2) is 42.3 Å². The molecule has 0 radical (unpaired) electrons. The second-order valence-electron chi connectivity index (χ2n) is 3.26. The molecule has 0 aromatic rings. The average Bonchev–Trinajstić information content (AvgIpc) is 2.66. The Labute approximate surface area is 87.9 Å².